The number of nitrogens with one attached hydrogen (secondary N) is 1. The summed E-state index contributed by atoms with van der Waals surface area (Å²) in [6, 6.07) is 7.05. The molecule has 20 heavy (non-hydrogen) atoms. The third-order valence-electron chi connectivity index (χ3n) is 2.60. The van der Waals surface area contributed by atoms with Crippen LogP contribution in [-0.2, 0) is 0 Å². The van der Waals surface area contributed by atoms with E-state index >= 15 is 0 Å². The molecule has 0 unspecified atom stereocenters. The number of rotatable bonds is 4. The first kappa shape index (κ1) is 13.8. The Morgan fingerprint density at radius 3 is 2.60 bits per heavy atom. The van der Waals surface area contributed by atoms with Crippen molar-refractivity contribution in [2.45, 2.75) is 13.8 Å². The lowest BCUT2D eigenvalue weighted by Gasteiger charge is -2.05. The van der Waals surface area contributed by atoms with Gasteiger partial charge in [-0.25, -0.2) is 15.4 Å². The van der Waals surface area contributed by atoms with Crippen molar-refractivity contribution in [1.29, 1.82) is 0 Å². The van der Waals surface area contributed by atoms with Crippen molar-refractivity contribution in [3.05, 3.63) is 41.2 Å². The van der Waals surface area contributed by atoms with Gasteiger partial charge in [-0.3, -0.25) is 0 Å². The van der Waals surface area contributed by atoms with Gasteiger partial charge in [-0.15, -0.1) is 0 Å². The zero-order valence-electron chi connectivity index (χ0n) is 11.6. The molecule has 2 aromatic rings. The molecular formula is C14H16N4O2. The van der Waals surface area contributed by atoms with E-state index in [1.165, 1.54) is 13.3 Å². The Morgan fingerprint density at radius 2 is 1.95 bits per heavy atom. The molecule has 2 rings (SSSR count). The topological polar surface area (TPSA) is 79.6 Å². The number of phenolic OH excluding ortho intramolecular Hbond substituents is 1. The summed E-state index contributed by atoms with van der Waals surface area (Å²) in [4.78, 5) is 8.40. The molecule has 0 spiro atoms. The molecule has 6 heteroatoms. The second-order valence-corrected chi connectivity index (χ2v) is 4.24. The molecular weight excluding hydrogens is 256 g/mol. The zero-order chi connectivity index (χ0) is 14.5. The number of methoxy groups -OCH3 is 1. The molecule has 0 atom stereocenters. The number of hydrogen-bond donors (Lipinski definition) is 2. The van der Waals surface area contributed by atoms with Crippen molar-refractivity contribution >= 4 is 12.2 Å². The van der Waals surface area contributed by atoms with Gasteiger partial charge in [0.25, 0.3) is 0 Å². The van der Waals surface area contributed by atoms with Crippen LogP contribution in [0.2, 0.25) is 0 Å². The Balaban J connectivity index is 2.14. The van der Waals surface area contributed by atoms with E-state index in [-0.39, 0.29) is 5.75 Å². The number of benzene rings is 1. The highest BCUT2D eigenvalue weighted by Crippen LogP contribution is 2.27. The molecule has 6 nitrogen and oxygen atoms in total. The lowest BCUT2D eigenvalue weighted by molar-refractivity contribution is 0.373. The van der Waals surface area contributed by atoms with Crippen LogP contribution < -0.4 is 10.2 Å². The number of hydrazone groups is 1. The molecule has 0 saturated heterocycles. The van der Waals surface area contributed by atoms with Crippen molar-refractivity contribution in [3.8, 4) is 11.5 Å². The molecule has 104 valence electrons. The Morgan fingerprint density at radius 1 is 1.25 bits per heavy atom. The van der Waals surface area contributed by atoms with Crippen LogP contribution in [0.4, 0.5) is 5.95 Å². The molecule has 0 saturated carbocycles. The second-order valence-electron chi connectivity index (χ2n) is 4.24. The maximum absolute atomic E-state index is 9.90. The number of nitrogens with zero attached hydrogens (tertiary/aromatic N) is 3. The van der Waals surface area contributed by atoms with Gasteiger partial charge >= 0.3 is 0 Å². The first-order valence-corrected chi connectivity index (χ1v) is 6.07. The number of aromatic nitrogens is 2. The van der Waals surface area contributed by atoms with E-state index in [9.17, 15) is 5.11 Å². The minimum absolute atomic E-state index is 0.0434. The van der Waals surface area contributed by atoms with Crippen LogP contribution in [0, 0.1) is 13.8 Å². The summed E-state index contributed by atoms with van der Waals surface area (Å²) in [6.07, 6.45) is 1.48. The predicted molar refractivity (Wildman–Crippen MR) is 77.4 cm³/mol. The fraction of sp³-hybridized carbons (Fsp3) is 0.214. The summed E-state index contributed by atoms with van der Waals surface area (Å²) >= 11 is 0. The van der Waals surface area contributed by atoms with Gasteiger partial charge in [-0.1, -0.05) is 6.07 Å². The fourth-order valence-corrected chi connectivity index (χ4v) is 1.74. The van der Waals surface area contributed by atoms with Gasteiger partial charge in [-0.05, 0) is 32.0 Å². The van der Waals surface area contributed by atoms with Gasteiger partial charge in [0.1, 0.15) is 0 Å². The minimum Gasteiger partial charge on any atom is -0.504 e. The van der Waals surface area contributed by atoms with Crippen LogP contribution in [0.5, 0.6) is 11.5 Å². The van der Waals surface area contributed by atoms with Crippen molar-refractivity contribution in [2.75, 3.05) is 12.5 Å². The molecule has 0 aliphatic carbocycles. The number of anilines is 1. The molecule has 0 radical (unpaired) electrons. The van der Waals surface area contributed by atoms with Crippen LogP contribution in [0.15, 0.2) is 29.4 Å². The maximum atomic E-state index is 9.90. The highest BCUT2D eigenvalue weighted by atomic mass is 16.5. The number of aromatic hydroxyl groups is 1. The average molecular weight is 272 g/mol. The summed E-state index contributed by atoms with van der Waals surface area (Å²) in [5.41, 5.74) is 5.00. The summed E-state index contributed by atoms with van der Waals surface area (Å²) in [5, 5.41) is 13.9. The zero-order valence-corrected chi connectivity index (χ0v) is 11.6. The molecule has 1 heterocycles. The van der Waals surface area contributed by atoms with Gasteiger partial charge in [0.15, 0.2) is 11.5 Å². The highest BCUT2D eigenvalue weighted by Gasteiger charge is 2.04. The second kappa shape index (κ2) is 6.01. The van der Waals surface area contributed by atoms with E-state index in [0.29, 0.717) is 17.3 Å². The lowest BCUT2D eigenvalue weighted by atomic mass is 10.2. The van der Waals surface area contributed by atoms with Crippen molar-refractivity contribution in [1.82, 2.24) is 9.97 Å². The maximum Gasteiger partial charge on any atom is 0.243 e. The quantitative estimate of drug-likeness (QED) is 0.659. The van der Waals surface area contributed by atoms with Crippen LogP contribution in [0.1, 0.15) is 17.0 Å². The van der Waals surface area contributed by atoms with E-state index in [1.807, 2.05) is 19.9 Å². The molecule has 0 amide bonds. The Bertz CT molecular complexity index is 621. The largest absolute Gasteiger partial charge is 0.504 e. The Hall–Kier alpha value is -2.63. The van der Waals surface area contributed by atoms with E-state index in [2.05, 4.69) is 20.5 Å². The van der Waals surface area contributed by atoms with Crippen molar-refractivity contribution in [2.24, 2.45) is 5.10 Å². The average Bonchev–Trinajstić information content (AvgIpc) is 2.39. The summed E-state index contributed by atoms with van der Waals surface area (Å²) in [5.74, 6) is 0.861. The third-order valence-corrected chi connectivity index (χ3v) is 2.60. The first-order chi connectivity index (χ1) is 9.60. The number of para-hydroxylation sites is 1. The monoisotopic (exact) mass is 272 g/mol. The predicted octanol–water partition coefficient (Wildman–Crippen LogP) is 2.25. The van der Waals surface area contributed by atoms with E-state index in [0.717, 1.165) is 11.4 Å². The van der Waals surface area contributed by atoms with Gasteiger partial charge in [0, 0.05) is 17.0 Å². The van der Waals surface area contributed by atoms with Crippen LogP contribution >= 0.6 is 0 Å². The van der Waals surface area contributed by atoms with Crippen LogP contribution in [0.3, 0.4) is 0 Å². The molecule has 0 aliphatic heterocycles. The Kier molecular flexibility index (Phi) is 4.14. The number of phenols is 1. The van der Waals surface area contributed by atoms with E-state index < -0.39 is 0 Å². The molecule has 0 fully saturated rings. The Labute approximate surface area is 117 Å². The normalized spacial score (nSPS) is 10.8. The van der Waals surface area contributed by atoms with Gasteiger partial charge in [0.2, 0.25) is 5.95 Å². The van der Waals surface area contributed by atoms with E-state index in [1.54, 1.807) is 18.2 Å². The van der Waals surface area contributed by atoms with Gasteiger partial charge in [0.05, 0.1) is 13.3 Å². The van der Waals surface area contributed by atoms with Crippen molar-refractivity contribution in [3.63, 3.8) is 0 Å². The molecule has 2 N–H and O–H groups in total. The van der Waals surface area contributed by atoms with Crippen molar-refractivity contribution < 1.29 is 9.84 Å². The summed E-state index contributed by atoms with van der Waals surface area (Å²) in [6.45, 7) is 3.77. The van der Waals surface area contributed by atoms with E-state index in [4.69, 9.17) is 4.74 Å². The minimum atomic E-state index is 0.0434. The highest BCUT2D eigenvalue weighted by molar-refractivity contribution is 5.85. The number of ether oxygens (including phenoxy) is 1. The lowest BCUT2D eigenvalue weighted by Crippen LogP contribution is -1.99. The SMILES string of the molecule is COc1cccc(/C=N/Nc2nc(C)cc(C)n2)c1O. The number of hydrogen-bond acceptors (Lipinski definition) is 6. The molecule has 0 bridgehead atoms. The standard InChI is InChI=1S/C14H16N4O2/c1-9-7-10(2)17-14(16-9)18-15-8-11-5-4-6-12(20-3)13(11)19/h4-8,19H,1-3H3,(H,16,17,18)/b15-8+. The molecule has 1 aromatic carbocycles. The summed E-state index contributed by atoms with van der Waals surface area (Å²) < 4.78 is 5.02. The van der Waals surface area contributed by atoms with Gasteiger partial charge in [-0.2, -0.15) is 5.10 Å². The third kappa shape index (κ3) is 3.23. The van der Waals surface area contributed by atoms with Crippen LogP contribution in [-0.4, -0.2) is 28.4 Å². The fourth-order valence-electron chi connectivity index (χ4n) is 1.74. The molecule has 0 aliphatic rings. The first-order valence-electron chi connectivity index (χ1n) is 6.07. The van der Waals surface area contributed by atoms with Crippen LogP contribution in [0.25, 0.3) is 0 Å². The number of aryl methyl sites for hydroxylation is 2. The smallest absolute Gasteiger partial charge is 0.243 e. The summed E-state index contributed by atoms with van der Waals surface area (Å²) in [7, 11) is 1.50. The molecule has 1 aromatic heterocycles. The van der Waals surface area contributed by atoms with Gasteiger partial charge < -0.3 is 9.84 Å².